The lowest BCUT2D eigenvalue weighted by atomic mass is 9.72. The normalized spacial score (nSPS) is 21.0. The Kier molecular flexibility index (Phi) is 5.64. The highest BCUT2D eigenvalue weighted by molar-refractivity contribution is 6.00. The molecule has 1 heterocycles. The first-order valence-corrected chi connectivity index (χ1v) is 10.4. The van der Waals surface area contributed by atoms with Crippen molar-refractivity contribution in [2.75, 3.05) is 21.2 Å². The maximum atomic E-state index is 13.6. The van der Waals surface area contributed by atoms with E-state index in [1.807, 2.05) is 44.4 Å². The third-order valence-corrected chi connectivity index (χ3v) is 6.15. The van der Waals surface area contributed by atoms with Crippen molar-refractivity contribution in [1.29, 1.82) is 5.26 Å². The van der Waals surface area contributed by atoms with Gasteiger partial charge >= 0.3 is 0 Å². The van der Waals surface area contributed by atoms with E-state index in [1.165, 1.54) is 13.2 Å². The number of carbonyl (C=O) groups excluding carboxylic acids is 1. The van der Waals surface area contributed by atoms with Gasteiger partial charge in [-0.1, -0.05) is 36.4 Å². The van der Waals surface area contributed by atoms with Gasteiger partial charge in [0.15, 0.2) is 17.3 Å². The molecule has 4 rings (SSSR count). The van der Waals surface area contributed by atoms with Crippen molar-refractivity contribution in [3.63, 3.8) is 0 Å². The van der Waals surface area contributed by atoms with Gasteiger partial charge in [0.1, 0.15) is 5.82 Å². The lowest BCUT2D eigenvalue weighted by molar-refractivity contribution is -0.117. The average molecular weight is 431 g/mol. The third kappa shape index (κ3) is 3.49. The largest absolute Gasteiger partial charge is 0.504 e. The van der Waals surface area contributed by atoms with E-state index in [9.17, 15) is 15.2 Å². The number of ether oxygens (including phenoxy) is 1. The maximum absolute atomic E-state index is 13.6. The molecule has 1 aliphatic carbocycles. The standard InChI is InChI=1S/C25H26N4O3/c1-28(2)29-19-11-17(15-7-5-4-6-8-15)12-21(31)24(19)23(18(14-26)25(29)27)16-9-10-20(30)22(13-16)32-3/h4-10,13,17,23,30H,11-12,27H2,1-3H3/t17-,23+/m0/s1. The molecule has 32 heavy (non-hydrogen) atoms. The fraction of sp³-hybridized carbons (Fsp3) is 0.280. The number of allylic oxidation sites excluding steroid dienone is 3. The molecule has 164 valence electrons. The number of hydrazine groups is 1. The second-order valence-electron chi connectivity index (χ2n) is 8.23. The number of Topliss-reactive ketones (excluding diaryl/α,β-unsaturated/α-hetero) is 1. The molecule has 2 aromatic carbocycles. The SMILES string of the molecule is COc1cc([C@@H]2C(C#N)=C(N)N(N(C)C)C3=C2C(=O)C[C@@H](c2ccccc2)C3)ccc1O. The molecule has 7 nitrogen and oxygen atoms in total. The van der Waals surface area contributed by atoms with E-state index in [1.54, 1.807) is 22.2 Å². The van der Waals surface area contributed by atoms with Gasteiger partial charge in [-0.2, -0.15) is 5.26 Å². The number of nitrogens with two attached hydrogens (primary N) is 1. The summed E-state index contributed by atoms with van der Waals surface area (Å²) in [5.74, 6) is -0.0352. The minimum absolute atomic E-state index is 0.00856. The number of nitriles is 1. The van der Waals surface area contributed by atoms with Crippen LogP contribution in [0, 0.1) is 11.3 Å². The third-order valence-electron chi connectivity index (χ3n) is 6.15. The molecule has 1 aliphatic heterocycles. The molecule has 2 aromatic rings. The summed E-state index contributed by atoms with van der Waals surface area (Å²) in [6.45, 7) is 0. The Hall–Kier alpha value is -3.76. The van der Waals surface area contributed by atoms with E-state index < -0.39 is 5.92 Å². The zero-order valence-electron chi connectivity index (χ0n) is 18.4. The van der Waals surface area contributed by atoms with Crippen LogP contribution in [0.5, 0.6) is 11.5 Å². The van der Waals surface area contributed by atoms with Crippen LogP contribution >= 0.6 is 0 Å². The van der Waals surface area contributed by atoms with Gasteiger partial charge in [-0.05, 0) is 35.6 Å². The molecule has 3 N–H and O–H groups in total. The van der Waals surface area contributed by atoms with Crippen LogP contribution in [0.1, 0.15) is 35.8 Å². The van der Waals surface area contributed by atoms with Crippen LogP contribution in [0.15, 0.2) is 71.2 Å². The summed E-state index contributed by atoms with van der Waals surface area (Å²) < 4.78 is 5.27. The summed E-state index contributed by atoms with van der Waals surface area (Å²) in [6.07, 6.45) is 0.975. The Morgan fingerprint density at radius 2 is 1.88 bits per heavy atom. The first-order chi connectivity index (χ1) is 15.4. The minimum atomic E-state index is -0.620. The Balaban J connectivity index is 1.91. The number of hydrogen-bond donors (Lipinski definition) is 2. The number of carbonyl (C=O) groups is 1. The van der Waals surface area contributed by atoms with Crippen LogP contribution in [-0.4, -0.2) is 42.1 Å². The molecule has 0 aromatic heterocycles. The Labute approximate surface area is 187 Å². The summed E-state index contributed by atoms with van der Waals surface area (Å²) in [5.41, 5.74) is 9.97. The zero-order chi connectivity index (χ0) is 23.0. The number of phenols is 1. The van der Waals surface area contributed by atoms with E-state index >= 15 is 0 Å². The number of nitrogens with zero attached hydrogens (tertiary/aromatic N) is 3. The number of benzene rings is 2. The molecule has 0 spiro atoms. The number of hydrogen-bond acceptors (Lipinski definition) is 7. The molecule has 0 saturated heterocycles. The van der Waals surface area contributed by atoms with Crippen LogP contribution < -0.4 is 10.5 Å². The molecule has 0 saturated carbocycles. The second-order valence-corrected chi connectivity index (χ2v) is 8.23. The fourth-order valence-electron chi connectivity index (χ4n) is 4.74. The van der Waals surface area contributed by atoms with Crippen molar-refractivity contribution in [2.45, 2.75) is 24.7 Å². The highest BCUT2D eigenvalue weighted by atomic mass is 16.5. The Morgan fingerprint density at radius 3 is 2.50 bits per heavy atom. The van der Waals surface area contributed by atoms with Crippen LogP contribution in [0.25, 0.3) is 0 Å². The van der Waals surface area contributed by atoms with Crippen LogP contribution in [-0.2, 0) is 4.79 Å². The van der Waals surface area contributed by atoms with Crippen molar-refractivity contribution >= 4 is 5.78 Å². The van der Waals surface area contributed by atoms with Crippen molar-refractivity contribution < 1.29 is 14.6 Å². The molecule has 0 unspecified atom stereocenters. The molecule has 0 fully saturated rings. The molecule has 0 radical (unpaired) electrons. The topological polar surface area (TPSA) is 103 Å². The maximum Gasteiger partial charge on any atom is 0.162 e. The van der Waals surface area contributed by atoms with Crippen molar-refractivity contribution in [1.82, 2.24) is 10.0 Å². The van der Waals surface area contributed by atoms with Gasteiger partial charge in [-0.25, -0.2) is 5.01 Å². The number of phenolic OH excluding ortho intramolecular Hbond substituents is 1. The summed E-state index contributed by atoms with van der Waals surface area (Å²) in [7, 11) is 5.14. The molecule has 0 amide bonds. The highest BCUT2D eigenvalue weighted by Crippen LogP contribution is 2.48. The van der Waals surface area contributed by atoms with E-state index in [0.29, 0.717) is 35.4 Å². The van der Waals surface area contributed by atoms with E-state index in [2.05, 4.69) is 6.07 Å². The number of methoxy groups -OCH3 is 1. The van der Waals surface area contributed by atoms with Gasteiger partial charge in [0, 0.05) is 31.8 Å². The van der Waals surface area contributed by atoms with Crippen LogP contribution in [0.3, 0.4) is 0 Å². The van der Waals surface area contributed by atoms with Crippen molar-refractivity contribution in [3.8, 4) is 17.6 Å². The molecule has 2 aliphatic rings. The van der Waals surface area contributed by atoms with Crippen LogP contribution in [0.2, 0.25) is 0 Å². The fourth-order valence-corrected chi connectivity index (χ4v) is 4.74. The number of aromatic hydroxyl groups is 1. The molecule has 0 bridgehead atoms. The molecular weight excluding hydrogens is 404 g/mol. The number of ketones is 1. The van der Waals surface area contributed by atoms with Gasteiger partial charge in [0.2, 0.25) is 0 Å². The number of rotatable bonds is 4. The van der Waals surface area contributed by atoms with Crippen molar-refractivity contribution in [2.24, 2.45) is 5.73 Å². The van der Waals surface area contributed by atoms with Gasteiger partial charge in [0.05, 0.1) is 24.7 Å². The minimum Gasteiger partial charge on any atom is -0.504 e. The summed E-state index contributed by atoms with van der Waals surface area (Å²) in [4.78, 5) is 13.6. The monoisotopic (exact) mass is 430 g/mol. The Morgan fingerprint density at radius 1 is 1.16 bits per heavy atom. The average Bonchev–Trinajstić information content (AvgIpc) is 2.78. The van der Waals surface area contributed by atoms with Gasteiger partial charge in [0.25, 0.3) is 0 Å². The Bertz CT molecular complexity index is 1160. The molecular formula is C25H26N4O3. The predicted octanol–water partition coefficient (Wildman–Crippen LogP) is 3.37. The predicted molar refractivity (Wildman–Crippen MR) is 120 cm³/mol. The first-order valence-electron chi connectivity index (χ1n) is 10.4. The van der Waals surface area contributed by atoms with E-state index in [4.69, 9.17) is 10.5 Å². The quantitative estimate of drug-likeness (QED) is 0.767. The lowest BCUT2D eigenvalue weighted by Crippen LogP contribution is -2.46. The second kappa shape index (κ2) is 8.40. The first kappa shape index (κ1) is 21.5. The van der Waals surface area contributed by atoms with Gasteiger partial charge in [-0.3, -0.25) is 9.80 Å². The summed E-state index contributed by atoms with van der Waals surface area (Å²) in [5, 5.41) is 23.7. The smallest absolute Gasteiger partial charge is 0.162 e. The summed E-state index contributed by atoms with van der Waals surface area (Å²) in [6, 6.07) is 17.1. The highest BCUT2D eigenvalue weighted by Gasteiger charge is 2.43. The summed E-state index contributed by atoms with van der Waals surface area (Å²) >= 11 is 0. The molecule has 7 heteroatoms. The zero-order valence-corrected chi connectivity index (χ0v) is 18.4. The van der Waals surface area contributed by atoms with Crippen LogP contribution in [0.4, 0.5) is 0 Å². The lowest BCUT2D eigenvalue weighted by Gasteiger charge is -2.43. The van der Waals surface area contributed by atoms with Gasteiger partial charge < -0.3 is 15.6 Å². The van der Waals surface area contributed by atoms with Gasteiger partial charge in [-0.15, -0.1) is 0 Å². The van der Waals surface area contributed by atoms with Crippen molar-refractivity contribution in [3.05, 3.63) is 82.3 Å². The molecule has 2 atom stereocenters. The van der Waals surface area contributed by atoms with E-state index in [-0.39, 0.29) is 23.2 Å². The van der Waals surface area contributed by atoms with E-state index in [0.717, 1.165) is 11.3 Å².